The van der Waals surface area contributed by atoms with Crippen LogP contribution in [0.3, 0.4) is 0 Å². The Morgan fingerprint density at radius 2 is 0.897 bits per heavy atom. The molecule has 4 aromatic heterocycles. The first-order valence-electron chi connectivity index (χ1n) is 13.2. The zero-order valence-corrected chi connectivity index (χ0v) is 21.0. The van der Waals surface area contributed by atoms with Gasteiger partial charge < -0.3 is 4.40 Å². The van der Waals surface area contributed by atoms with E-state index >= 15 is 0 Å². The Kier molecular flexibility index (Phi) is 4.05. The van der Waals surface area contributed by atoms with Crippen LogP contribution < -0.4 is 0 Å². The highest BCUT2D eigenvalue weighted by atomic mass is 14.9. The van der Waals surface area contributed by atoms with E-state index in [-0.39, 0.29) is 0 Å². The average Bonchev–Trinajstić information content (AvgIpc) is 3.52. The molecule has 0 fully saturated rings. The number of para-hydroxylation sites is 1. The molecule has 0 aliphatic heterocycles. The molecule has 0 bridgehead atoms. The Balaban J connectivity index is 1.26. The predicted molar refractivity (Wildman–Crippen MR) is 163 cm³/mol. The van der Waals surface area contributed by atoms with E-state index in [2.05, 4.69) is 120 Å². The van der Waals surface area contributed by atoms with Crippen molar-refractivity contribution in [1.82, 2.24) is 14.4 Å². The summed E-state index contributed by atoms with van der Waals surface area (Å²) in [7, 11) is 0. The van der Waals surface area contributed by atoms with Gasteiger partial charge in [0.2, 0.25) is 0 Å². The molecule has 0 spiro atoms. The highest BCUT2D eigenvalue weighted by Gasteiger charge is 2.19. The first-order chi connectivity index (χ1) is 19.3. The van der Waals surface area contributed by atoms with Gasteiger partial charge in [-0.05, 0) is 45.8 Å². The summed E-state index contributed by atoms with van der Waals surface area (Å²) in [6.07, 6.45) is 4.05. The molecule has 3 heteroatoms. The number of fused-ring (bicyclic) bond motifs is 8. The van der Waals surface area contributed by atoms with Gasteiger partial charge in [0.15, 0.2) is 0 Å². The molecule has 0 radical (unpaired) electrons. The maximum absolute atomic E-state index is 4.94. The molecular weight excluding hydrogens is 474 g/mol. The van der Waals surface area contributed by atoms with E-state index in [1.165, 1.54) is 48.6 Å². The molecule has 4 heterocycles. The zero-order chi connectivity index (χ0) is 25.5. The fraction of sp³-hybridized carbons (Fsp3) is 0. The van der Waals surface area contributed by atoms with E-state index < -0.39 is 0 Å². The Morgan fingerprint density at radius 1 is 0.410 bits per heavy atom. The summed E-state index contributed by atoms with van der Waals surface area (Å²) < 4.78 is 2.34. The van der Waals surface area contributed by atoms with Crippen LogP contribution in [0.5, 0.6) is 0 Å². The summed E-state index contributed by atoms with van der Waals surface area (Å²) >= 11 is 0. The third-order valence-corrected chi connectivity index (χ3v) is 8.18. The maximum atomic E-state index is 4.94. The van der Waals surface area contributed by atoms with E-state index in [0.717, 1.165) is 33.5 Å². The lowest BCUT2D eigenvalue weighted by atomic mass is 10.0. The second-order valence-electron chi connectivity index (χ2n) is 10.3. The number of nitrogens with zero attached hydrogens (tertiary/aromatic N) is 3. The maximum Gasteiger partial charge on any atom is 0.0726 e. The van der Waals surface area contributed by atoms with E-state index in [4.69, 9.17) is 9.97 Å². The molecule has 0 unspecified atom stereocenters. The van der Waals surface area contributed by atoms with Crippen molar-refractivity contribution in [1.29, 1.82) is 0 Å². The second-order valence-corrected chi connectivity index (χ2v) is 10.3. The monoisotopic (exact) mass is 495 g/mol. The summed E-state index contributed by atoms with van der Waals surface area (Å²) in [5.41, 5.74) is 7.70. The first-order valence-corrected chi connectivity index (χ1v) is 13.2. The predicted octanol–water partition coefficient (Wildman–Crippen LogP) is 9.27. The average molecular weight is 496 g/mol. The van der Waals surface area contributed by atoms with Crippen molar-refractivity contribution in [2.24, 2.45) is 0 Å². The van der Waals surface area contributed by atoms with Crippen molar-refractivity contribution in [3.63, 3.8) is 0 Å². The van der Waals surface area contributed by atoms with Gasteiger partial charge in [-0.3, -0.25) is 9.97 Å². The summed E-state index contributed by atoms with van der Waals surface area (Å²) in [6.45, 7) is 0. The van der Waals surface area contributed by atoms with Gasteiger partial charge in [0.25, 0.3) is 0 Å². The lowest BCUT2D eigenvalue weighted by Gasteiger charge is -2.06. The molecule has 0 saturated heterocycles. The van der Waals surface area contributed by atoms with Crippen LogP contribution in [0.15, 0.2) is 128 Å². The third-order valence-electron chi connectivity index (χ3n) is 8.18. The van der Waals surface area contributed by atoms with Crippen LogP contribution in [-0.2, 0) is 0 Å². The number of rotatable bonds is 2. The summed E-state index contributed by atoms with van der Waals surface area (Å²) in [5, 5.41) is 9.86. The van der Waals surface area contributed by atoms with Gasteiger partial charge in [-0.15, -0.1) is 0 Å². The Bertz CT molecular complexity index is 2230. The summed E-state index contributed by atoms with van der Waals surface area (Å²) in [4.78, 5) is 9.87. The molecule has 0 saturated carbocycles. The lowest BCUT2D eigenvalue weighted by Crippen LogP contribution is -1.88. The fourth-order valence-corrected chi connectivity index (χ4v) is 6.29. The molecule has 180 valence electrons. The zero-order valence-electron chi connectivity index (χ0n) is 21.0. The van der Waals surface area contributed by atoms with Crippen LogP contribution in [0.25, 0.3) is 82.2 Å². The van der Waals surface area contributed by atoms with Gasteiger partial charge in [0, 0.05) is 32.7 Å². The normalized spacial score (nSPS) is 12.1. The third kappa shape index (κ3) is 2.93. The molecule has 9 rings (SSSR count). The van der Waals surface area contributed by atoms with Crippen molar-refractivity contribution in [2.45, 2.75) is 0 Å². The van der Waals surface area contributed by atoms with Crippen LogP contribution in [-0.4, -0.2) is 14.4 Å². The van der Waals surface area contributed by atoms with Crippen LogP contribution in [0.1, 0.15) is 0 Å². The number of hydrogen-bond donors (Lipinski definition) is 0. The van der Waals surface area contributed by atoms with Crippen LogP contribution in [0.4, 0.5) is 0 Å². The highest BCUT2D eigenvalue weighted by Crippen LogP contribution is 2.40. The van der Waals surface area contributed by atoms with Crippen molar-refractivity contribution in [3.05, 3.63) is 128 Å². The number of benzene rings is 5. The Hall–Kier alpha value is -5.28. The molecule has 5 aromatic carbocycles. The molecule has 9 aromatic rings. The van der Waals surface area contributed by atoms with E-state index in [0.29, 0.717) is 0 Å². The van der Waals surface area contributed by atoms with Gasteiger partial charge in [0.05, 0.1) is 40.3 Å². The molecule has 0 N–H and O–H groups in total. The number of pyridine rings is 2. The van der Waals surface area contributed by atoms with Gasteiger partial charge in [-0.2, -0.15) is 0 Å². The van der Waals surface area contributed by atoms with Crippen molar-refractivity contribution >= 4 is 59.6 Å². The van der Waals surface area contributed by atoms with E-state index in [1.807, 2.05) is 12.4 Å². The van der Waals surface area contributed by atoms with Crippen LogP contribution in [0, 0.1) is 0 Å². The van der Waals surface area contributed by atoms with Gasteiger partial charge in [-0.1, -0.05) is 91.0 Å². The first kappa shape index (κ1) is 20.7. The molecule has 39 heavy (non-hydrogen) atoms. The molecule has 3 nitrogen and oxygen atoms in total. The molecule has 0 aliphatic rings. The van der Waals surface area contributed by atoms with Gasteiger partial charge in [0.1, 0.15) is 0 Å². The Labute approximate surface area is 223 Å². The summed E-state index contributed by atoms with van der Waals surface area (Å²) in [5.74, 6) is 0. The standard InChI is InChI=1S/C36H21N3/c1-3-8-24-16-26(14-12-22(24)6-1)32-18-30-28-10-5-11-29-31-19-33(27-15-13-23-7-2-4-9-25(23)17-27)38-21-35(31)39(36(28)29)34(30)20-37-32/h1-21H. The summed E-state index contributed by atoms with van der Waals surface area (Å²) in [6, 6.07) is 41.2. The van der Waals surface area contributed by atoms with Crippen molar-refractivity contribution in [3.8, 4) is 22.5 Å². The van der Waals surface area contributed by atoms with E-state index in [1.54, 1.807) is 0 Å². The lowest BCUT2D eigenvalue weighted by molar-refractivity contribution is 1.28. The molecule has 0 amide bonds. The number of hydrogen-bond acceptors (Lipinski definition) is 2. The van der Waals surface area contributed by atoms with Gasteiger partial charge in [-0.25, -0.2) is 0 Å². The smallest absolute Gasteiger partial charge is 0.0726 e. The topological polar surface area (TPSA) is 30.2 Å². The minimum atomic E-state index is 0.989. The minimum absolute atomic E-state index is 0.989. The quantitative estimate of drug-likeness (QED) is 0.239. The largest absolute Gasteiger partial charge is 0.305 e. The minimum Gasteiger partial charge on any atom is -0.305 e. The molecule has 0 atom stereocenters. The van der Waals surface area contributed by atoms with E-state index in [9.17, 15) is 0 Å². The van der Waals surface area contributed by atoms with Crippen molar-refractivity contribution in [2.75, 3.05) is 0 Å². The fourth-order valence-electron chi connectivity index (χ4n) is 6.29. The highest BCUT2D eigenvalue weighted by molar-refractivity contribution is 6.23. The van der Waals surface area contributed by atoms with Crippen molar-refractivity contribution < 1.29 is 0 Å². The molecule has 0 aliphatic carbocycles. The van der Waals surface area contributed by atoms with Crippen LogP contribution in [0.2, 0.25) is 0 Å². The number of aromatic nitrogens is 3. The SMILES string of the molecule is c1ccc2cc(-c3cc4c5cccc6c7cc(-c8ccc9ccccc9c8)ncc7n(c4cn3)c56)ccc2c1. The van der Waals surface area contributed by atoms with Crippen LogP contribution >= 0.6 is 0 Å². The molecular formula is C36H21N3. The van der Waals surface area contributed by atoms with Gasteiger partial charge >= 0.3 is 0 Å². The Morgan fingerprint density at radius 3 is 1.41 bits per heavy atom. The second kappa shape index (κ2) is 7.62.